The van der Waals surface area contributed by atoms with Gasteiger partial charge in [-0.1, -0.05) is 54.1 Å². The van der Waals surface area contributed by atoms with E-state index < -0.39 is 4.92 Å². The molecule has 0 unspecified atom stereocenters. The Morgan fingerprint density at radius 2 is 1.76 bits per heavy atom. The van der Waals surface area contributed by atoms with Crippen LogP contribution in [0.2, 0.25) is 0 Å². The SMILES string of the molecule is Cc1ccc(N=C2S/C(=C/c3ccc(-c4cc([N+](=O)[O-])ccc4C)o3)C(=O)N2CCc2ccccc2)cc1. The second-order valence-corrected chi connectivity index (χ2v) is 10.0. The molecule has 1 saturated heterocycles. The number of benzene rings is 3. The van der Waals surface area contributed by atoms with Crippen LogP contribution in [0, 0.1) is 24.0 Å². The number of nitro benzene ring substituents is 1. The zero-order valence-corrected chi connectivity index (χ0v) is 21.8. The number of hydrogen-bond acceptors (Lipinski definition) is 6. The van der Waals surface area contributed by atoms with Crippen LogP contribution in [0.4, 0.5) is 11.4 Å². The third-order valence-corrected chi connectivity index (χ3v) is 7.22. The number of carbonyl (C=O) groups is 1. The lowest BCUT2D eigenvalue weighted by Crippen LogP contribution is -2.31. The molecule has 4 aromatic rings. The monoisotopic (exact) mass is 523 g/mol. The summed E-state index contributed by atoms with van der Waals surface area (Å²) in [4.78, 5) is 31.3. The van der Waals surface area contributed by atoms with E-state index in [-0.39, 0.29) is 11.6 Å². The molecule has 0 saturated carbocycles. The summed E-state index contributed by atoms with van der Waals surface area (Å²) in [5.74, 6) is 0.852. The van der Waals surface area contributed by atoms with Gasteiger partial charge in [0.2, 0.25) is 0 Å². The van der Waals surface area contributed by atoms with Crippen molar-refractivity contribution in [2.24, 2.45) is 4.99 Å². The van der Waals surface area contributed by atoms with Gasteiger partial charge < -0.3 is 4.42 Å². The van der Waals surface area contributed by atoms with E-state index in [0.717, 1.165) is 22.4 Å². The molecule has 1 fully saturated rings. The molecule has 1 aliphatic heterocycles. The number of amidine groups is 1. The Hall–Kier alpha value is -4.43. The van der Waals surface area contributed by atoms with Crippen LogP contribution in [0.25, 0.3) is 17.4 Å². The van der Waals surface area contributed by atoms with Crippen molar-refractivity contribution in [3.8, 4) is 11.3 Å². The number of aliphatic imine (C=N–C) groups is 1. The van der Waals surface area contributed by atoms with E-state index in [1.165, 1.54) is 23.9 Å². The van der Waals surface area contributed by atoms with Crippen LogP contribution in [0.15, 0.2) is 99.2 Å². The molecule has 2 heterocycles. The first-order valence-corrected chi connectivity index (χ1v) is 12.9. The van der Waals surface area contributed by atoms with Gasteiger partial charge in [0.05, 0.1) is 15.5 Å². The van der Waals surface area contributed by atoms with Gasteiger partial charge >= 0.3 is 0 Å². The first-order chi connectivity index (χ1) is 18.4. The molecular formula is C30H25N3O4S. The number of hydrogen-bond donors (Lipinski definition) is 0. The summed E-state index contributed by atoms with van der Waals surface area (Å²) in [6.45, 7) is 4.38. The molecule has 0 spiro atoms. The number of rotatable bonds is 7. The number of non-ortho nitro benzene ring substituents is 1. The first kappa shape index (κ1) is 25.2. The van der Waals surface area contributed by atoms with Gasteiger partial charge in [0.15, 0.2) is 5.17 Å². The minimum absolute atomic E-state index is 0.00514. The van der Waals surface area contributed by atoms with E-state index in [1.807, 2.05) is 68.4 Å². The van der Waals surface area contributed by atoms with Gasteiger partial charge in [0, 0.05) is 30.3 Å². The average molecular weight is 524 g/mol. The maximum atomic E-state index is 13.5. The summed E-state index contributed by atoms with van der Waals surface area (Å²) in [7, 11) is 0. The van der Waals surface area contributed by atoms with Crippen molar-refractivity contribution < 1.29 is 14.1 Å². The third kappa shape index (κ3) is 5.60. The molecule has 5 rings (SSSR count). The highest BCUT2D eigenvalue weighted by Gasteiger charge is 2.33. The summed E-state index contributed by atoms with van der Waals surface area (Å²) in [6, 6.07) is 26.1. The quantitative estimate of drug-likeness (QED) is 0.144. The van der Waals surface area contributed by atoms with Crippen molar-refractivity contribution in [3.63, 3.8) is 0 Å². The molecular weight excluding hydrogens is 498 g/mol. The highest BCUT2D eigenvalue weighted by atomic mass is 32.2. The van der Waals surface area contributed by atoms with Crippen molar-refractivity contribution >= 4 is 40.3 Å². The Kier molecular flexibility index (Phi) is 7.24. The zero-order chi connectivity index (χ0) is 26.6. The van der Waals surface area contributed by atoms with E-state index in [0.29, 0.717) is 40.1 Å². The van der Waals surface area contributed by atoms with Crippen LogP contribution in [0.3, 0.4) is 0 Å². The van der Waals surface area contributed by atoms with E-state index in [4.69, 9.17) is 9.41 Å². The van der Waals surface area contributed by atoms with Crippen molar-refractivity contribution in [2.45, 2.75) is 20.3 Å². The number of thioether (sulfide) groups is 1. The highest BCUT2D eigenvalue weighted by Crippen LogP contribution is 2.36. The smallest absolute Gasteiger partial charge is 0.270 e. The molecule has 190 valence electrons. The lowest BCUT2D eigenvalue weighted by atomic mass is 10.1. The Labute approximate surface area is 224 Å². The Morgan fingerprint density at radius 1 is 1.00 bits per heavy atom. The predicted octanol–water partition coefficient (Wildman–Crippen LogP) is 7.32. The Balaban J connectivity index is 1.44. The normalized spacial score (nSPS) is 15.5. The minimum Gasteiger partial charge on any atom is -0.457 e. The maximum Gasteiger partial charge on any atom is 0.270 e. The molecule has 0 bridgehead atoms. The molecule has 1 aromatic heterocycles. The van der Waals surface area contributed by atoms with E-state index in [1.54, 1.807) is 29.2 Å². The fraction of sp³-hybridized carbons (Fsp3) is 0.133. The predicted molar refractivity (Wildman–Crippen MR) is 151 cm³/mol. The third-order valence-electron chi connectivity index (χ3n) is 6.21. The number of nitro groups is 1. The van der Waals surface area contributed by atoms with Crippen molar-refractivity contribution in [1.29, 1.82) is 0 Å². The van der Waals surface area contributed by atoms with Crippen molar-refractivity contribution in [1.82, 2.24) is 4.90 Å². The Bertz CT molecular complexity index is 1560. The minimum atomic E-state index is -0.429. The number of amides is 1. The lowest BCUT2D eigenvalue weighted by Gasteiger charge is -2.15. The molecule has 0 aliphatic carbocycles. The molecule has 3 aromatic carbocycles. The maximum absolute atomic E-state index is 13.5. The van der Waals surface area contributed by atoms with Gasteiger partial charge in [-0.3, -0.25) is 19.8 Å². The summed E-state index contributed by atoms with van der Waals surface area (Å²) in [5, 5.41) is 11.8. The number of furan rings is 1. The summed E-state index contributed by atoms with van der Waals surface area (Å²) in [5.41, 5.74) is 4.54. The topological polar surface area (TPSA) is 89.0 Å². The van der Waals surface area contributed by atoms with Crippen LogP contribution >= 0.6 is 11.8 Å². The van der Waals surface area contributed by atoms with Crippen LogP contribution < -0.4 is 0 Å². The lowest BCUT2D eigenvalue weighted by molar-refractivity contribution is -0.384. The van der Waals surface area contributed by atoms with Crippen LogP contribution in [-0.4, -0.2) is 27.4 Å². The first-order valence-electron chi connectivity index (χ1n) is 12.1. The summed E-state index contributed by atoms with van der Waals surface area (Å²) < 4.78 is 6.00. The standard InChI is InChI=1S/C30H25N3O4S/c1-20-8-11-23(12-9-20)31-30-32(17-16-22-6-4-3-5-7-22)29(34)28(38-30)19-25-14-15-27(37-25)26-18-24(33(35)36)13-10-21(26)2/h3-15,18-19H,16-17H2,1-2H3/b28-19+,31-30?. The average Bonchev–Trinajstić information content (AvgIpc) is 3.49. The van der Waals surface area contributed by atoms with Gasteiger partial charge in [-0.2, -0.15) is 0 Å². The zero-order valence-electron chi connectivity index (χ0n) is 21.0. The van der Waals surface area contributed by atoms with Gasteiger partial charge in [-0.25, -0.2) is 4.99 Å². The van der Waals surface area contributed by atoms with Gasteiger partial charge in [-0.05, 0) is 67.4 Å². The fourth-order valence-corrected chi connectivity index (χ4v) is 5.10. The van der Waals surface area contributed by atoms with Gasteiger partial charge in [0.25, 0.3) is 11.6 Å². The summed E-state index contributed by atoms with van der Waals surface area (Å²) >= 11 is 1.31. The van der Waals surface area contributed by atoms with Gasteiger partial charge in [0.1, 0.15) is 11.5 Å². The highest BCUT2D eigenvalue weighted by molar-refractivity contribution is 8.18. The second-order valence-electron chi connectivity index (χ2n) is 8.99. The molecule has 0 atom stereocenters. The molecule has 8 heteroatoms. The number of carbonyl (C=O) groups excluding carboxylic acids is 1. The number of nitrogens with zero attached hydrogens (tertiary/aromatic N) is 3. The van der Waals surface area contributed by atoms with E-state index >= 15 is 0 Å². The van der Waals surface area contributed by atoms with Crippen LogP contribution in [0.1, 0.15) is 22.5 Å². The van der Waals surface area contributed by atoms with E-state index in [9.17, 15) is 14.9 Å². The fourth-order valence-electron chi connectivity index (χ4n) is 4.10. The van der Waals surface area contributed by atoms with Crippen molar-refractivity contribution in [3.05, 3.63) is 122 Å². The molecule has 38 heavy (non-hydrogen) atoms. The molecule has 1 aliphatic rings. The van der Waals surface area contributed by atoms with Crippen LogP contribution in [-0.2, 0) is 11.2 Å². The molecule has 7 nitrogen and oxygen atoms in total. The van der Waals surface area contributed by atoms with Crippen LogP contribution in [0.5, 0.6) is 0 Å². The summed E-state index contributed by atoms with van der Waals surface area (Å²) in [6.07, 6.45) is 2.40. The van der Waals surface area contributed by atoms with Gasteiger partial charge in [-0.15, -0.1) is 0 Å². The molecule has 1 amide bonds. The number of aryl methyl sites for hydroxylation is 2. The molecule has 0 N–H and O–H groups in total. The molecule has 0 radical (unpaired) electrons. The largest absolute Gasteiger partial charge is 0.457 e. The second kappa shape index (κ2) is 10.9. The van der Waals surface area contributed by atoms with E-state index in [2.05, 4.69) is 0 Å². The Morgan fingerprint density at radius 3 is 2.50 bits per heavy atom. The van der Waals surface area contributed by atoms with Crippen molar-refractivity contribution in [2.75, 3.05) is 6.54 Å².